The van der Waals surface area contributed by atoms with Gasteiger partial charge in [-0.1, -0.05) is 19.1 Å². The number of nitrogens with one attached hydrogen (secondary N) is 1. The average molecular weight is 399 g/mol. The zero-order chi connectivity index (χ0) is 20.6. The van der Waals surface area contributed by atoms with Gasteiger partial charge in [0.25, 0.3) is 0 Å². The van der Waals surface area contributed by atoms with Crippen LogP contribution in [-0.4, -0.2) is 50.2 Å². The van der Waals surface area contributed by atoms with Crippen molar-refractivity contribution in [3.63, 3.8) is 0 Å². The highest BCUT2D eigenvalue weighted by atomic mass is 16.5. The third-order valence-electron chi connectivity index (χ3n) is 5.01. The zero-order valence-electron chi connectivity index (χ0n) is 17.6. The van der Waals surface area contributed by atoms with E-state index >= 15 is 0 Å². The number of methoxy groups -OCH3 is 2. The van der Waals surface area contributed by atoms with Gasteiger partial charge in [-0.3, -0.25) is 4.99 Å². The smallest absolute Gasteiger partial charge is 0.219 e. The Hall–Kier alpha value is -2.96. The maximum absolute atomic E-state index is 5.92. The summed E-state index contributed by atoms with van der Waals surface area (Å²) in [7, 11) is 5.02. The molecule has 2 heterocycles. The van der Waals surface area contributed by atoms with Crippen LogP contribution in [0, 0.1) is 5.92 Å². The second-order valence-corrected chi connectivity index (χ2v) is 7.19. The molecule has 1 N–H and O–H groups in total. The van der Waals surface area contributed by atoms with Gasteiger partial charge in [0.05, 0.1) is 14.2 Å². The second-order valence-electron chi connectivity index (χ2n) is 7.19. The quantitative estimate of drug-likeness (QED) is 0.591. The predicted molar refractivity (Wildman–Crippen MR) is 114 cm³/mol. The first-order chi connectivity index (χ1) is 14.1. The van der Waals surface area contributed by atoms with E-state index in [1.54, 1.807) is 20.4 Å². The van der Waals surface area contributed by atoms with E-state index in [-0.39, 0.29) is 0 Å². The molecule has 0 aliphatic carbocycles. The summed E-state index contributed by atoms with van der Waals surface area (Å²) >= 11 is 0. The van der Waals surface area contributed by atoms with Gasteiger partial charge in [-0.2, -0.15) is 0 Å². The maximum atomic E-state index is 5.92. The Morgan fingerprint density at radius 3 is 2.55 bits per heavy atom. The molecular formula is C22H30N4O3. The number of hydrogen-bond donors (Lipinski definition) is 1. The molecule has 1 aromatic heterocycles. The second kappa shape index (κ2) is 10.0. The number of rotatable bonds is 6. The predicted octanol–water partition coefficient (Wildman–Crippen LogP) is 3.70. The summed E-state index contributed by atoms with van der Waals surface area (Å²) in [5.41, 5.74) is 1.05. The average Bonchev–Trinajstić information content (AvgIpc) is 2.75. The van der Waals surface area contributed by atoms with Crippen LogP contribution in [0.1, 0.15) is 25.3 Å². The fourth-order valence-corrected chi connectivity index (χ4v) is 3.49. The molecule has 1 atom stereocenters. The third-order valence-corrected chi connectivity index (χ3v) is 5.01. The van der Waals surface area contributed by atoms with Gasteiger partial charge < -0.3 is 24.4 Å². The Labute approximate surface area is 172 Å². The van der Waals surface area contributed by atoms with E-state index in [4.69, 9.17) is 14.2 Å². The van der Waals surface area contributed by atoms with Crippen LogP contribution in [0.25, 0.3) is 0 Å². The minimum atomic E-state index is 0.478. The summed E-state index contributed by atoms with van der Waals surface area (Å²) in [6.45, 7) is 5.04. The molecule has 29 heavy (non-hydrogen) atoms. The fraction of sp³-hybridized carbons (Fsp3) is 0.455. The monoisotopic (exact) mass is 398 g/mol. The first-order valence-electron chi connectivity index (χ1n) is 9.94. The summed E-state index contributed by atoms with van der Waals surface area (Å²) in [6.07, 6.45) is 4.30. The van der Waals surface area contributed by atoms with Gasteiger partial charge >= 0.3 is 0 Å². The lowest BCUT2D eigenvalue weighted by Crippen LogP contribution is -2.45. The largest absolute Gasteiger partial charge is 0.493 e. The first kappa shape index (κ1) is 20.8. The Bertz CT molecular complexity index is 801. The summed E-state index contributed by atoms with van der Waals surface area (Å²) in [4.78, 5) is 11.2. The van der Waals surface area contributed by atoms with Crippen molar-refractivity contribution in [3.05, 3.63) is 42.1 Å². The van der Waals surface area contributed by atoms with Gasteiger partial charge in [-0.05, 0) is 36.5 Å². The Balaban J connectivity index is 1.62. The highest BCUT2D eigenvalue weighted by Crippen LogP contribution is 2.39. The van der Waals surface area contributed by atoms with Crippen LogP contribution in [0.3, 0.4) is 0 Å². The van der Waals surface area contributed by atoms with Gasteiger partial charge in [0, 0.05) is 38.9 Å². The van der Waals surface area contributed by atoms with Crippen molar-refractivity contribution in [2.24, 2.45) is 10.9 Å². The standard InChI is InChI=1S/C22H30N4O3/c1-16-7-6-12-26(15-16)22(23-2)25-14-17-10-11-20(24-13-17)29-21-18(27-3)8-5-9-19(21)28-4/h5,8-11,13,16H,6-7,12,14-15H2,1-4H3,(H,23,25). The molecule has 156 valence electrons. The molecule has 1 unspecified atom stereocenters. The number of piperidine rings is 1. The molecule has 1 aromatic carbocycles. The Kier molecular flexibility index (Phi) is 7.16. The van der Waals surface area contributed by atoms with E-state index < -0.39 is 0 Å². The number of pyridine rings is 1. The highest BCUT2D eigenvalue weighted by molar-refractivity contribution is 5.80. The number of benzene rings is 1. The zero-order valence-corrected chi connectivity index (χ0v) is 17.6. The maximum Gasteiger partial charge on any atom is 0.219 e. The summed E-state index contributed by atoms with van der Waals surface area (Å²) in [6, 6.07) is 9.33. The minimum Gasteiger partial charge on any atom is -0.493 e. The molecule has 7 heteroatoms. The van der Waals surface area contributed by atoms with Gasteiger partial charge in [0.15, 0.2) is 17.5 Å². The normalized spacial score (nSPS) is 17.0. The molecule has 1 saturated heterocycles. The van der Waals surface area contributed by atoms with Crippen molar-refractivity contribution >= 4 is 5.96 Å². The van der Waals surface area contributed by atoms with Gasteiger partial charge in [0.1, 0.15) is 0 Å². The molecule has 1 aliphatic rings. The van der Waals surface area contributed by atoms with E-state index in [2.05, 4.69) is 27.1 Å². The lowest BCUT2D eigenvalue weighted by Gasteiger charge is -2.33. The van der Waals surface area contributed by atoms with Crippen molar-refractivity contribution in [1.82, 2.24) is 15.2 Å². The number of ether oxygens (including phenoxy) is 3. The molecule has 0 bridgehead atoms. The number of para-hydroxylation sites is 1. The molecule has 3 rings (SSSR count). The molecule has 0 saturated carbocycles. The van der Waals surface area contributed by atoms with Crippen LogP contribution in [0.5, 0.6) is 23.1 Å². The number of likely N-dealkylation sites (tertiary alicyclic amines) is 1. The van der Waals surface area contributed by atoms with E-state index in [0.717, 1.165) is 24.6 Å². The van der Waals surface area contributed by atoms with Crippen LogP contribution < -0.4 is 19.5 Å². The van der Waals surface area contributed by atoms with Crippen LogP contribution in [0.2, 0.25) is 0 Å². The third kappa shape index (κ3) is 5.31. The van der Waals surface area contributed by atoms with Crippen molar-refractivity contribution in [1.29, 1.82) is 0 Å². The van der Waals surface area contributed by atoms with E-state index in [9.17, 15) is 0 Å². The van der Waals surface area contributed by atoms with Crippen molar-refractivity contribution in [3.8, 4) is 23.1 Å². The molecule has 2 aromatic rings. The van der Waals surface area contributed by atoms with Crippen molar-refractivity contribution in [2.75, 3.05) is 34.4 Å². The number of aromatic nitrogens is 1. The molecular weight excluding hydrogens is 368 g/mol. The van der Waals surface area contributed by atoms with Crippen LogP contribution in [0.4, 0.5) is 0 Å². The summed E-state index contributed by atoms with van der Waals surface area (Å²) in [5.74, 6) is 3.82. The minimum absolute atomic E-state index is 0.478. The summed E-state index contributed by atoms with van der Waals surface area (Å²) in [5, 5.41) is 3.44. The molecule has 1 aliphatic heterocycles. The summed E-state index contributed by atoms with van der Waals surface area (Å²) < 4.78 is 16.6. The van der Waals surface area contributed by atoms with E-state index in [1.807, 2.05) is 37.4 Å². The van der Waals surface area contributed by atoms with Crippen LogP contribution >= 0.6 is 0 Å². The number of guanidine groups is 1. The number of hydrogen-bond acceptors (Lipinski definition) is 5. The lowest BCUT2D eigenvalue weighted by molar-refractivity contribution is 0.266. The number of nitrogens with zero attached hydrogens (tertiary/aromatic N) is 3. The molecule has 0 amide bonds. The van der Waals surface area contributed by atoms with Crippen LogP contribution in [-0.2, 0) is 6.54 Å². The Morgan fingerprint density at radius 1 is 1.21 bits per heavy atom. The lowest BCUT2D eigenvalue weighted by atomic mass is 10.0. The van der Waals surface area contributed by atoms with Gasteiger partial charge in [0.2, 0.25) is 11.6 Å². The highest BCUT2D eigenvalue weighted by Gasteiger charge is 2.19. The topological polar surface area (TPSA) is 68.2 Å². The van der Waals surface area contributed by atoms with Crippen molar-refractivity contribution in [2.45, 2.75) is 26.3 Å². The first-order valence-corrected chi connectivity index (χ1v) is 9.94. The van der Waals surface area contributed by atoms with Gasteiger partial charge in [-0.25, -0.2) is 4.98 Å². The number of aliphatic imine (C=N–C) groups is 1. The van der Waals surface area contributed by atoms with Gasteiger partial charge in [-0.15, -0.1) is 0 Å². The molecule has 0 spiro atoms. The molecule has 7 nitrogen and oxygen atoms in total. The SMILES string of the molecule is CN=C(NCc1ccc(Oc2c(OC)cccc2OC)nc1)N1CCCC(C)C1. The van der Waals surface area contributed by atoms with Crippen molar-refractivity contribution < 1.29 is 14.2 Å². The fourth-order valence-electron chi connectivity index (χ4n) is 3.49. The Morgan fingerprint density at radius 2 is 1.97 bits per heavy atom. The van der Waals surface area contributed by atoms with E-state index in [0.29, 0.717) is 35.6 Å². The molecule has 0 radical (unpaired) electrons. The van der Waals surface area contributed by atoms with Crippen LogP contribution in [0.15, 0.2) is 41.5 Å². The van der Waals surface area contributed by atoms with E-state index in [1.165, 1.54) is 12.8 Å². The molecule has 1 fully saturated rings.